The monoisotopic (exact) mass is 355 g/mol. The first-order chi connectivity index (χ1) is 13.2. The molecule has 0 amide bonds. The van der Waals surface area contributed by atoms with E-state index in [1.165, 1.54) is 37.7 Å². The minimum Gasteiger partial charge on any atom is -0.340 e. The third kappa shape index (κ3) is 4.97. The standard InChI is InChI=1S/C24H25N3/c1-3-7-18(2)27-24-16-22(12-13-26-24)21-11-10-20(23(15-21)17-25)14-19-8-5-4-6-9-19/h7,10-13,15-16,19H,1-2,4-6,8-9,14H2,(H,26,27). The summed E-state index contributed by atoms with van der Waals surface area (Å²) >= 11 is 0. The zero-order valence-corrected chi connectivity index (χ0v) is 15.7. The van der Waals surface area contributed by atoms with E-state index in [1.807, 2.05) is 18.2 Å². The quantitative estimate of drug-likeness (QED) is 0.510. The van der Waals surface area contributed by atoms with Crippen molar-refractivity contribution in [3.63, 3.8) is 0 Å². The average Bonchev–Trinajstić information content (AvgIpc) is 2.69. The molecule has 27 heavy (non-hydrogen) atoms. The maximum Gasteiger partial charge on any atom is 0.130 e. The molecule has 1 heterocycles. The first-order valence-corrected chi connectivity index (χ1v) is 9.51. The summed E-state index contributed by atoms with van der Waals surface area (Å²) in [5.74, 6) is 1.42. The molecule has 1 aromatic carbocycles. The van der Waals surface area contributed by atoms with Gasteiger partial charge in [0.2, 0.25) is 0 Å². The second-order valence-corrected chi connectivity index (χ2v) is 7.12. The number of hydrogen-bond donors (Lipinski definition) is 1. The lowest BCUT2D eigenvalue weighted by Gasteiger charge is -2.22. The van der Waals surface area contributed by atoms with Crippen molar-refractivity contribution in [2.24, 2.45) is 5.92 Å². The topological polar surface area (TPSA) is 48.7 Å². The maximum atomic E-state index is 9.65. The fourth-order valence-corrected chi connectivity index (χ4v) is 3.74. The van der Waals surface area contributed by atoms with Crippen LogP contribution in [-0.2, 0) is 6.42 Å². The first kappa shape index (κ1) is 18.7. The number of rotatable bonds is 6. The van der Waals surface area contributed by atoms with Gasteiger partial charge in [-0.25, -0.2) is 4.98 Å². The van der Waals surface area contributed by atoms with E-state index in [4.69, 9.17) is 0 Å². The van der Waals surface area contributed by atoms with Gasteiger partial charge in [-0.3, -0.25) is 0 Å². The van der Waals surface area contributed by atoms with E-state index in [2.05, 4.69) is 47.4 Å². The van der Waals surface area contributed by atoms with Gasteiger partial charge in [0.1, 0.15) is 5.82 Å². The van der Waals surface area contributed by atoms with Gasteiger partial charge in [-0.2, -0.15) is 5.26 Å². The Kier molecular flexibility index (Phi) is 6.26. The van der Waals surface area contributed by atoms with Crippen LogP contribution in [0.5, 0.6) is 0 Å². The molecule has 3 nitrogen and oxygen atoms in total. The molecule has 0 spiro atoms. The van der Waals surface area contributed by atoms with Crippen molar-refractivity contribution in [1.82, 2.24) is 4.98 Å². The molecule has 0 aliphatic heterocycles. The van der Waals surface area contributed by atoms with E-state index in [0.717, 1.165) is 29.0 Å². The van der Waals surface area contributed by atoms with E-state index < -0.39 is 0 Å². The first-order valence-electron chi connectivity index (χ1n) is 9.51. The molecule has 1 fully saturated rings. The second-order valence-electron chi connectivity index (χ2n) is 7.12. The van der Waals surface area contributed by atoms with Gasteiger partial charge in [0, 0.05) is 18.0 Å². The molecule has 1 aliphatic rings. The van der Waals surface area contributed by atoms with Crippen LogP contribution in [0.15, 0.2) is 67.2 Å². The smallest absolute Gasteiger partial charge is 0.130 e. The van der Waals surface area contributed by atoms with E-state index in [0.29, 0.717) is 11.5 Å². The molecule has 1 aliphatic carbocycles. The van der Waals surface area contributed by atoms with Crippen LogP contribution in [-0.4, -0.2) is 4.98 Å². The van der Waals surface area contributed by atoms with Crippen LogP contribution >= 0.6 is 0 Å². The number of aromatic nitrogens is 1. The van der Waals surface area contributed by atoms with Crippen molar-refractivity contribution < 1.29 is 0 Å². The Morgan fingerprint density at radius 3 is 2.70 bits per heavy atom. The van der Waals surface area contributed by atoms with Crippen LogP contribution < -0.4 is 5.32 Å². The number of anilines is 1. The fourth-order valence-electron chi connectivity index (χ4n) is 3.74. The summed E-state index contributed by atoms with van der Waals surface area (Å²) in [5.41, 5.74) is 7.36. The zero-order chi connectivity index (χ0) is 19.1. The van der Waals surface area contributed by atoms with Crippen LogP contribution in [0.2, 0.25) is 0 Å². The van der Waals surface area contributed by atoms with Crippen LogP contribution in [0.1, 0.15) is 43.2 Å². The summed E-state index contributed by atoms with van der Waals surface area (Å²) in [4.78, 5) is 4.32. The molecule has 1 aromatic heterocycles. The van der Waals surface area contributed by atoms with Gasteiger partial charge in [-0.05, 0) is 47.2 Å². The van der Waals surface area contributed by atoms with Crippen LogP contribution in [0.3, 0.4) is 0 Å². The molecular formula is C24H25N3. The Morgan fingerprint density at radius 2 is 1.96 bits per heavy atom. The predicted molar refractivity (Wildman–Crippen MR) is 111 cm³/mol. The van der Waals surface area contributed by atoms with E-state index >= 15 is 0 Å². The number of pyridine rings is 1. The molecule has 136 valence electrons. The van der Waals surface area contributed by atoms with Crippen molar-refractivity contribution >= 4 is 5.82 Å². The van der Waals surface area contributed by atoms with Crippen molar-refractivity contribution in [3.05, 3.63) is 78.3 Å². The Bertz CT molecular complexity index is 907. The molecule has 1 N–H and O–H groups in total. The Hall–Kier alpha value is -3.08. The third-order valence-electron chi connectivity index (χ3n) is 5.12. The van der Waals surface area contributed by atoms with Gasteiger partial charge in [-0.15, -0.1) is 5.73 Å². The summed E-state index contributed by atoms with van der Waals surface area (Å²) in [6, 6.07) is 12.5. The summed E-state index contributed by atoms with van der Waals surface area (Å²) < 4.78 is 0. The van der Waals surface area contributed by atoms with Crippen molar-refractivity contribution in [2.45, 2.75) is 38.5 Å². The molecule has 3 rings (SSSR count). The van der Waals surface area contributed by atoms with Crippen molar-refractivity contribution in [1.29, 1.82) is 5.26 Å². The van der Waals surface area contributed by atoms with Crippen molar-refractivity contribution in [2.75, 3.05) is 5.32 Å². The van der Waals surface area contributed by atoms with E-state index in [9.17, 15) is 5.26 Å². The minimum absolute atomic E-state index is 0.676. The van der Waals surface area contributed by atoms with E-state index in [1.54, 1.807) is 12.3 Å². The Labute approximate surface area is 161 Å². The summed E-state index contributed by atoms with van der Waals surface area (Å²) in [5, 5.41) is 12.8. The fraction of sp³-hybridized carbons (Fsp3) is 0.292. The molecule has 0 saturated heterocycles. The molecule has 2 aromatic rings. The highest BCUT2D eigenvalue weighted by Crippen LogP contribution is 2.30. The number of nitrogens with zero attached hydrogens (tertiary/aromatic N) is 2. The lowest BCUT2D eigenvalue weighted by Crippen LogP contribution is -2.10. The van der Waals surface area contributed by atoms with Crippen LogP contribution in [0.4, 0.5) is 5.82 Å². The minimum atomic E-state index is 0.676. The highest BCUT2D eigenvalue weighted by Gasteiger charge is 2.16. The number of allylic oxidation sites excluding steroid dienone is 1. The number of nitriles is 1. The Morgan fingerprint density at radius 1 is 1.19 bits per heavy atom. The lowest BCUT2D eigenvalue weighted by molar-refractivity contribution is 0.356. The highest BCUT2D eigenvalue weighted by atomic mass is 15.0. The normalized spacial score (nSPS) is 14.0. The molecule has 3 heteroatoms. The van der Waals surface area contributed by atoms with Gasteiger partial charge < -0.3 is 5.32 Å². The predicted octanol–water partition coefficient (Wildman–Crippen LogP) is 6.01. The molecular weight excluding hydrogens is 330 g/mol. The molecule has 0 bridgehead atoms. The second kappa shape index (κ2) is 9.03. The lowest BCUT2D eigenvalue weighted by atomic mass is 9.83. The highest BCUT2D eigenvalue weighted by molar-refractivity contribution is 5.69. The molecule has 1 saturated carbocycles. The van der Waals surface area contributed by atoms with Crippen LogP contribution in [0.25, 0.3) is 11.1 Å². The average molecular weight is 355 g/mol. The van der Waals surface area contributed by atoms with Crippen LogP contribution in [0, 0.1) is 17.2 Å². The summed E-state index contributed by atoms with van der Waals surface area (Å²) in [6.07, 6.45) is 11.0. The number of hydrogen-bond acceptors (Lipinski definition) is 3. The largest absolute Gasteiger partial charge is 0.340 e. The molecule has 0 unspecified atom stereocenters. The summed E-state index contributed by atoms with van der Waals surface area (Å²) in [6.45, 7) is 7.43. The van der Waals surface area contributed by atoms with Gasteiger partial charge in [0.25, 0.3) is 0 Å². The SMILES string of the molecule is C=C=CC(=C)Nc1cc(-c2ccc(CC3CCCCC3)c(C#N)c2)ccn1. The van der Waals surface area contributed by atoms with Gasteiger partial charge in [0.05, 0.1) is 11.6 Å². The van der Waals surface area contributed by atoms with Gasteiger partial charge >= 0.3 is 0 Å². The van der Waals surface area contributed by atoms with Gasteiger partial charge in [-0.1, -0.05) is 57.4 Å². The summed E-state index contributed by atoms with van der Waals surface area (Å²) in [7, 11) is 0. The maximum absolute atomic E-state index is 9.65. The molecule has 0 atom stereocenters. The number of benzene rings is 1. The third-order valence-corrected chi connectivity index (χ3v) is 5.12. The molecule has 0 radical (unpaired) electrons. The van der Waals surface area contributed by atoms with Crippen molar-refractivity contribution in [3.8, 4) is 17.2 Å². The zero-order valence-electron chi connectivity index (χ0n) is 15.7. The Balaban J connectivity index is 1.81. The van der Waals surface area contributed by atoms with E-state index in [-0.39, 0.29) is 0 Å². The number of nitrogens with one attached hydrogen (secondary N) is 1. The van der Waals surface area contributed by atoms with Gasteiger partial charge in [0.15, 0.2) is 0 Å².